The van der Waals surface area contributed by atoms with Crippen LogP contribution in [0.2, 0.25) is 0 Å². The van der Waals surface area contributed by atoms with Crippen molar-refractivity contribution in [1.82, 2.24) is 0 Å². The van der Waals surface area contributed by atoms with Gasteiger partial charge in [0.05, 0.1) is 11.2 Å². The predicted molar refractivity (Wildman–Crippen MR) is 49.6 cm³/mol. The van der Waals surface area contributed by atoms with E-state index in [1.165, 1.54) is 0 Å². The van der Waals surface area contributed by atoms with Gasteiger partial charge < -0.3 is 8.85 Å². The van der Waals surface area contributed by atoms with Gasteiger partial charge in [-0.25, -0.2) is 8.22 Å². The second-order valence-corrected chi connectivity index (χ2v) is 6.23. The number of hydrogen-bond acceptors (Lipinski definition) is 2. The molecule has 0 aliphatic carbocycles. The first-order valence-corrected chi connectivity index (χ1v) is 5.77. The molecule has 0 fully saturated rings. The van der Waals surface area contributed by atoms with Crippen LogP contribution in [0.1, 0.15) is 41.5 Å². The van der Waals surface area contributed by atoms with Crippen LogP contribution in [0.3, 0.4) is 0 Å². The molecule has 13 heavy (non-hydrogen) atoms. The van der Waals surface area contributed by atoms with Crippen LogP contribution < -0.4 is 0 Å². The van der Waals surface area contributed by atoms with Crippen LogP contribution >= 0.6 is 0 Å². The lowest BCUT2D eigenvalue weighted by molar-refractivity contribution is -0.0357. The molecule has 0 amide bonds. The van der Waals surface area contributed by atoms with Crippen LogP contribution in [0.15, 0.2) is 0 Å². The smallest absolute Gasteiger partial charge is 0.340 e. The molecule has 0 aliphatic rings. The fourth-order valence-corrected chi connectivity index (χ4v) is 2.20. The Bertz CT molecular complexity index is 152. The third-order valence-electron chi connectivity index (χ3n) is 0.850. The first-order valence-electron chi connectivity index (χ1n) is 4.19. The molecule has 5 heteroatoms. The van der Waals surface area contributed by atoms with Crippen molar-refractivity contribution in [2.75, 3.05) is 0 Å². The van der Waals surface area contributed by atoms with E-state index in [1.807, 2.05) is 0 Å². The van der Waals surface area contributed by atoms with Gasteiger partial charge in [0, 0.05) is 0 Å². The van der Waals surface area contributed by atoms with E-state index in [4.69, 9.17) is 0 Å². The molecule has 0 aromatic carbocycles. The van der Waals surface area contributed by atoms with Crippen LogP contribution in [0.25, 0.3) is 0 Å². The molecule has 0 aliphatic heterocycles. The highest BCUT2D eigenvalue weighted by molar-refractivity contribution is 6.52. The van der Waals surface area contributed by atoms with Gasteiger partial charge in [-0.05, 0) is 41.5 Å². The Hall–Kier alpha value is -0.00312. The molecule has 0 rings (SSSR count). The fourth-order valence-electron chi connectivity index (χ4n) is 0.734. The molecule has 0 saturated heterocycles. The van der Waals surface area contributed by atoms with Crippen molar-refractivity contribution < 1.29 is 17.1 Å². The summed E-state index contributed by atoms with van der Waals surface area (Å²) in [6, 6.07) is 0. The van der Waals surface area contributed by atoms with Crippen LogP contribution in [0.4, 0.5) is 8.22 Å². The zero-order valence-electron chi connectivity index (χ0n) is 9.07. The lowest BCUT2D eigenvalue weighted by Gasteiger charge is -2.29. The zero-order chi connectivity index (χ0) is 10.9. The molecule has 0 heterocycles. The van der Waals surface area contributed by atoms with E-state index in [9.17, 15) is 8.22 Å². The van der Waals surface area contributed by atoms with Gasteiger partial charge in [-0.2, -0.15) is 0 Å². The third kappa shape index (κ3) is 8.33. The molecule has 0 radical (unpaired) electrons. The highest BCUT2D eigenvalue weighted by atomic mass is 28.5. The predicted octanol–water partition coefficient (Wildman–Crippen LogP) is 2.99. The van der Waals surface area contributed by atoms with Gasteiger partial charge in [-0.1, -0.05) is 0 Å². The summed E-state index contributed by atoms with van der Waals surface area (Å²) in [5.41, 5.74) is -1.72. The monoisotopic (exact) mass is 212 g/mol. The van der Waals surface area contributed by atoms with Gasteiger partial charge in [0.2, 0.25) is 0 Å². The second kappa shape index (κ2) is 3.63. The van der Waals surface area contributed by atoms with Gasteiger partial charge in [0.15, 0.2) is 0 Å². The molecule has 0 bridgehead atoms. The molecule has 0 N–H and O–H groups in total. The van der Waals surface area contributed by atoms with E-state index in [2.05, 4.69) is 8.85 Å². The van der Waals surface area contributed by atoms with Crippen LogP contribution in [-0.2, 0) is 8.85 Å². The first-order chi connectivity index (χ1) is 5.41. The van der Waals surface area contributed by atoms with Crippen molar-refractivity contribution in [2.45, 2.75) is 52.7 Å². The van der Waals surface area contributed by atoms with Gasteiger partial charge in [0.25, 0.3) is 0 Å². The molecule has 0 aromatic rings. The molecule has 0 aromatic heterocycles. The van der Waals surface area contributed by atoms with Gasteiger partial charge in [-0.3, -0.25) is 0 Å². The van der Waals surface area contributed by atoms with Crippen molar-refractivity contribution in [3.8, 4) is 0 Å². The quantitative estimate of drug-likeness (QED) is 0.517. The molecular formula is C8H18F2O2Si. The largest absolute Gasteiger partial charge is 0.762 e. The average Bonchev–Trinajstić information content (AvgIpc) is 1.43. The Morgan fingerprint density at radius 2 is 1.00 bits per heavy atom. The summed E-state index contributed by atoms with van der Waals surface area (Å²) in [5.74, 6) is 0. The normalized spacial score (nSPS) is 14.8. The van der Waals surface area contributed by atoms with Crippen molar-refractivity contribution >= 4 is 9.23 Å². The van der Waals surface area contributed by atoms with Crippen molar-refractivity contribution in [3.05, 3.63) is 0 Å². The molecule has 80 valence electrons. The Morgan fingerprint density at radius 3 is 1.15 bits per heavy atom. The van der Waals surface area contributed by atoms with E-state index < -0.39 is 20.4 Å². The van der Waals surface area contributed by atoms with Crippen molar-refractivity contribution in [2.24, 2.45) is 0 Å². The Kier molecular flexibility index (Phi) is 3.63. The first kappa shape index (κ1) is 13.0. The zero-order valence-corrected chi connectivity index (χ0v) is 10.1. The minimum Gasteiger partial charge on any atom is -0.340 e. The highest BCUT2D eigenvalue weighted by Crippen LogP contribution is 2.25. The topological polar surface area (TPSA) is 18.5 Å². The molecule has 0 atom stereocenters. The molecule has 0 spiro atoms. The number of halogens is 2. The Balaban J connectivity index is 4.25. The number of hydrogen-bond donors (Lipinski definition) is 0. The average molecular weight is 212 g/mol. The minimum absolute atomic E-state index is 0.860. The standard InChI is InChI=1S/C8H18F2O2Si/c1-7(2,3)11-13(9,10)12-8(4,5)6/h1-6H3. The lowest BCUT2D eigenvalue weighted by Crippen LogP contribution is -2.45. The van der Waals surface area contributed by atoms with E-state index in [0.717, 1.165) is 0 Å². The van der Waals surface area contributed by atoms with Crippen molar-refractivity contribution in [3.63, 3.8) is 0 Å². The summed E-state index contributed by atoms with van der Waals surface area (Å²) in [5, 5.41) is 0. The van der Waals surface area contributed by atoms with E-state index >= 15 is 0 Å². The second-order valence-electron chi connectivity index (χ2n) is 4.89. The Morgan fingerprint density at radius 1 is 0.769 bits per heavy atom. The third-order valence-corrected chi connectivity index (χ3v) is 2.55. The fraction of sp³-hybridized carbons (Fsp3) is 1.00. The van der Waals surface area contributed by atoms with E-state index in [-0.39, 0.29) is 0 Å². The maximum atomic E-state index is 13.1. The van der Waals surface area contributed by atoms with Gasteiger partial charge >= 0.3 is 9.23 Å². The van der Waals surface area contributed by atoms with Gasteiger partial charge in [-0.15, -0.1) is 0 Å². The lowest BCUT2D eigenvalue weighted by atomic mass is 10.2. The molecule has 0 unspecified atom stereocenters. The maximum Gasteiger partial charge on any atom is 0.762 e. The van der Waals surface area contributed by atoms with E-state index in [1.54, 1.807) is 41.5 Å². The summed E-state index contributed by atoms with van der Waals surface area (Å²) in [4.78, 5) is 0. The molecule has 0 saturated carbocycles. The maximum absolute atomic E-state index is 13.1. The van der Waals surface area contributed by atoms with Crippen molar-refractivity contribution in [1.29, 1.82) is 0 Å². The van der Waals surface area contributed by atoms with Crippen LogP contribution in [0.5, 0.6) is 0 Å². The summed E-state index contributed by atoms with van der Waals surface area (Å²) >= 11 is 0. The molecule has 2 nitrogen and oxygen atoms in total. The van der Waals surface area contributed by atoms with E-state index in [0.29, 0.717) is 0 Å². The summed E-state index contributed by atoms with van der Waals surface area (Å²) < 4.78 is 35.4. The highest BCUT2D eigenvalue weighted by Gasteiger charge is 2.49. The SMILES string of the molecule is CC(C)(C)O[Si](F)(F)OC(C)(C)C. The number of rotatable bonds is 2. The Labute approximate surface area is 79.8 Å². The van der Waals surface area contributed by atoms with Crippen LogP contribution in [0, 0.1) is 0 Å². The minimum atomic E-state index is -4.97. The summed E-state index contributed by atoms with van der Waals surface area (Å²) in [6.45, 7) is 9.50. The van der Waals surface area contributed by atoms with Crippen LogP contribution in [-0.4, -0.2) is 20.4 Å². The molecular weight excluding hydrogens is 194 g/mol. The van der Waals surface area contributed by atoms with Gasteiger partial charge in [0.1, 0.15) is 0 Å². The summed E-state index contributed by atoms with van der Waals surface area (Å²) in [6.07, 6.45) is 0. The summed E-state index contributed by atoms with van der Waals surface area (Å²) in [7, 11) is -4.97.